The zero-order valence-electron chi connectivity index (χ0n) is 11.6. The van der Waals surface area contributed by atoms with E-state index in [1.54, 1.807) is 29.2 Å². The summed E-state index contributed by atoms with van der Waals surface area (Å²) in [5.74, 6) is 0.499. The molecule has 0 aliphatic carbocycles. The van der Waals surface area contributed by atoms with Crippen molar-refractivity contribution in [2.75, 3.05) is 6.61 Å². The molecule has 0 radical (unpaired) electrons. The van der Waals surface area contributed by atoms with Gasteiger partial charge in [-0.15, -0.1) is 0 Å². The standard InChI is InChI=1S/C14H10N4O5/c15-7-8-23-10-4-1-9(2-5-10)3-6-11-12(18(21)22)13(19)17-14(20)16-11/h1-6H,8H2,(H2,16,17,19,20)/b6-3+. The summed E-state index contributed by atoms with van der Waals surface area (Å²) >= 11 is 0. The van der Waals surface area contributed by atoms with Gasteiger partial charge in [0.15, 0.2) is 6.61 Å². The Balaban J connectivity index is 2.30. The molecule has 0 unspecified atom stereocenters. The van der Waals surface area contributed by atoms with Crippen LogP contribution in [0.5, 0.6) is 5.75 Å². The van der Waals surface area contributed by atoms with E-state index in [4.69, 9.17) is 10.00 Å². The molecule has 1 heterocycles. The Hall–Kier alpha value is -3.67. The van der Waals surface area contributed by atoms with Gasteiger partial charge in [0, 0.05) is 0 Å². The Morgan fingerprint density at radius 1 is 1.22 bits per heavy atom. The average Bonchev–Trinajstić information content (AvgIpc) is 2.50. The van der Waals surface area contributed by atoms with Crippen molar-refractivity contribution in [3.63, 3.8) is 0 Å². The highest BCUT2D eigenvalue weighted by atomic mass is 16.6. The summed E-state index contributed by atoms with van der Waals surface area (Å²) in [6.07, 6.45) is 2.76. The summed E-state index contributed by atoms with van der Waals surface area (Å²) in [5.41, 5.74) is -2.19. The Labute approximate surface area is 128 Å². The Kier molecular flexibility index (Phi) is 4.69. The van der Waals surface area contributed by atoms with Gasteiger partial charge in [0.05, 0.1) is 4.92 Å². The molecule has 0 saturated carbocycles. The molecule has 9 heteroatoms. The molecule has 0 aliphatic rings. The third-order valence-electron chi connectivity index (χ3n) is 2.75. The number of nitriles is 1. The zero-order valence-corrected chi connectivity index (χ0v) is 11.6. The van der Waals surface area contributed by atoms with Crippen molar-refractivity contribution in [3.8, 4) is 11.8 Å². The van der Waals surface area contributed by atoms with Crippen LogP contribution in [0.25, 0.3) is 12.2 Å². The molecule has 0 bridgehead atoms. The van der Waals surface area contributed by atoms with Crippen LogP contribution in [0, 0.1) is 21.4 Å². The van der Waals surface area contributed by atoms with Gasteiger partial charge in [-0.3, -0.25) is 19.9 Å². The molecule has 0 aliphatic heterocycles. The van der Waals surface area contributed by atoms with Crippen molar-refractivity contribution in [2.24, 2.45) is 0 Å². The minimum Gasteiger partial charge on any atom is -0.479 e. The minimum atomic E-state index is -1.07. The second-order valence-corrected chi connectivity index (χ2v) is 4.28. The van der Waals surface area contributed by atoms with Gasteiger partial charge in [0.1, 0.15) is 17.5 Å². The molecule has 0 spiro atoms. The maximum atomic E-state index is 11.5. The Morgan fingerprint density at radius 2 is 1.91 bits per heavy atom. The largest absolute Gasteiger partial charge is 0.479 e. The van der Waals surface area contributed by atoms with Crippen LogP contribution in [-0.4, -0.2) is 21.5 Å². The van der Waals surface area contributed by atoms with E-state index in [0.29, 0.717) is 11.3 Å². The van der Waals surface area contributed by atoms with Gasteiger partial charge in [-0.1, -0.05) is 18.2 Å². The lowest BCUT2D eigenvalue weighted by Crippen LogP contribution is -2.25. The number of H-pyrrole nitrogens is 2. The third kappa shape index (κ3) is 3.92. The topological polar surface area (TPSA) is 142 Å². The quantitative estimate of drug-likeness (QED) is 0.623. The van der Waals surface area contributed by atoms with Gasteiger partial charge in [-0.25, -0.2) is 4.79 Å². The van der Waals surface area contributed by atoms with Crippen molar-refractivity contribution in [2.45, 2.75) is 0 Å². The van der Waals surface area contributed by atoms with E-state index in [9.17, 15) is 19.7 Å². The van der Waals surface area contributed by atoms with Gasteiger partial charge < -0.3 is 9.72 Å². The molecule has 23 heavy (non-hydrogen) atoms. The second kappa shape index (κ2) is 6.86. The van der Waals surface area contributed by atoms with Crippen LogP contribution >= 0.6 is 0 Å². The fourth-order valence-corrected chi connectivity index (χ4v) is 1.77. The highest BCUT2D eigenvalue weighted by molar-refractivity contribution is 5.71. The maximum absolute atomic E-state index is 11.5. The molecule has 0 fully saturated rings. The molecule has 1 aromatic heterocycles. The molecule has 9 nitrogen and oxygen atoms in total. The summed E-state index contributed by atoms with van der Waals surface area (Å²) < 4.78 is 5.09. The number of nitrogens with one attached hydrogen (secondary N) is 2. The lowest BCUT2D eigenvalue weighted by molar-refractivity contribution is -0.386. The molecule has 2 aromatic rings. The summed E-state index contributed by atoms with van der Waals surface area (Å²) in [4.78, 5) is 36.7. The van der Waals surface area contributed by atoms with Crippen LogP contribution in [0.15, 0.2) is 33.9 Å². The molecule has 0 saturated heterocycles. The fraction of sp³-hybridized carbons (Fsp3) is 0.0714. The van der Waals surface area contributed by atoms with Gasteiger partial charge >= 0.3 is 16.9 Å². The molecule has 2 rings (SSSR count). The van der Waals surface area contributed by atoms with E-state index < -0.39 is 21.9 Å². The van der Waals surface area contributed by atoms with E-state index in [1.807, 2.05) is 6.07 Å². The number of nitrogens with zero attached hydrogens (tertiary/aromatic N) is 2. The summed E-state index contributed by atoms with van der Waals surface area (Å²) in [7, 11) is 0. The number of aromatic amines is 2. The van der Waals surface area contributed by atoms with Crippen molar-refractivity contribution in [3.05, 3.63) is 66.5 Å². The highest BCUT2D eigenvalue weighted by Crippen LogP contribution is 2.16. The summed E-state index contributed by atoms with van der Waals surface area (Å²) in [5, 5.41) is 19.3. The minimum absolute atomic E-state index is 0.0740. The van der Waals surface area contributed by atoms with Crippen LogP contribution in [0.2, 0.25) is 0 Å². The lowest BCUT2D eigenvalue weighted by Gasteiger charge is -2.01. The number of rotatable bonds is 5. The fourth-order valence-electron chi connectivity index (χ4n) is 1.77. The second-order valence-electron chi connectivity index (χ2n) is 4.28. The van der Waals surface area contributed by atoms with Crippen molar-refractivity contribution in [1.29, 1.82) is 5.26 Å². The molecule has 116 valence electrons. The van der Waals surface area contributed by atoms with Gasteiger partial charge in [0.25, 0.3) is 0 Å². The van der Waals surface area contributed by atoms with Gasteiger partial charge in [0.2, 0.25) is 0 Å². The van der Waals surface area contributed by atoms with E-state index >= 15 is 0 Å². The van der Waals surface area contributed by atoms with Crippen molar-refractivity contribution >= 4 is 17.8 Å². The van der Waals surface area contributed by atoms with Gasteiger partial charge in [-0.05, 0) is 23.8 Å². The van der Waals surface area contributed by atoms with Crippen LogP contribution in [0.4, 0.5) is 5.69 Å². The average molecular weight is 314 g/mol. The van der Waals surface area contributed by atoms with E-state index in [2.05, 4.69) is 4.98 Å². The number of nitro groups is 1. The molecule has 2 N–H and O–H groups in total. The molecule has 0 amide bonds. The van der Waals surface area contributed by atoms with Crippen LogP contribution < -0.4 is 16.0 Å². The van der Waals surface area contributed by atoms with Crippen molar-refractivity contribution in [1.82, 2.24) is 9.97 Å². The third-order valence-corrected chi connectivity index (χ3v) is 2.75. The Bertz CT molecular complexity index is 902. The number of aromatic nitrogens is 2. The summed E-state index contributed by atoms with van der Waals surface area (Å²) in [6, 6.07) is 8.38. The zero-order chi connectivity index (χ0) is 16.8. The first-order chi connectivity index (χ1) is 11.0. The number of hydrogen-bond acceptors (Lipinski definition) is 6. The first-order valence-electron chi connectivity index (χ1n) is 6.30. The van der Waals surface area contributed by atoms with Crippen LogP contribution in [0.1, 0.15) is 11.3 Å². The first-order valence-corrected chi connectivity index (χ1v) is 6.30. The van der Waals surface area contributed by atoms with Crippen LogP contribution in [0.3, 0.4) is 0 Å². The van der Waals surface area contributed by atoms with Crippen molar-refractivity contribution < 1.29 is 9.66 Å². The molecule has 1 aromatic carbocycles. The van der Waals surface area contributed by atoms with E-state index in [-0.39, 0.29) is 12.3 Å². The first kappa shape index (κ1) is 15.7. The lowest BCUT2D eigenvalue weighted by atomic mass is 10.2. The monoisotopic (exact) mass is 314 g/mol. The van der Waals surface area contributed by atoms with Crippen LogP contribution in [-0.2, 0) is 0 Å². The number of ether oxygens (including phenoxy) is 1. The number of benzene rings is 1. The van der Waals surface area contributed by atoms with Gasteiger partial charge in [-0.2, -0.15) is 5.26 Å². The predicted molar refractivity (Wildman–Crippen MR) is 80.8 cm³/mol. The molecular formula is C14H10N4O5. The molecular weight excluding hydrogens is 304 g/mol. The van der Waals surface area contributed by atoms with E-state index in [0.717, 1.165) is 0 Å². The van der Waals surface area contributed by atoms with E-state index in [1.165, 1.54) is 12.2 Å². The Morgan fingerprint density at radius 3 is 2.52 bits per heavy atom. The normalized spacial score (nSPS) is 10.4. The predicted octanol–water partition coefficient (Wildman–Crippen LogP) is 1.04. The SMILES string of the molecule is N#CCOc1ccc(/C=C/c2[nH]c(=O)[nH]c(=O)c2[N+](=O)[O-])cc1. The number of hydrogen-bond donors (Lipinski definition) is 2. The maximum Gasteiger partial charge on any atom is 0.357 e. The smallest absolute Gasteiger partial charge is 0.357 e. The summed E-state index contributed by atoms with van der Waals surface area (Å²) in [6.45, 7) is -0.0740. The molecule has 0 atom stereocenters. The highest BCUT2D eigenvalue weighted by Gasteiger charge is 2.18.